The zero-order chi connectivity index (χ0) is 22.5. The average Bonchev–Trinajstić information content (AvgIpc) is 3.34. The summed E-state index contributed by atoms with van der Waals surface area (Å²) >= 11 is 0. The van der Waals surface area contributed by atoms with Crippen LogP contribution in [0.1, 0.15) is 22.8 Å². The van der Waals surface area contributed by atoms with Gasteiger partial charge in [-0.05, 0) is 55.3 Å². The van der Waals surface area contributed by atoms with Crippen LogP contribution in [0.15, 0.2) is 60.9 Å². The minimum absolute atomic E-state index is 0.106. The maximum absolute atomic E-state index is 14.4. The molecule has 7 nitrogen and oxygen atoms in total. The van der Waals surface area contributed by atoms with Crippen LogP contribution in [-0.4, -0.2) is 59.2 Å². The van der Waals surface area contributed by atoms with Crippen molar-refractivity contribution in [2.24, 2.45) is 0 Å². The molecule has 1 aliphatic rings. The third-order valence-corrected chi connectivity index (χ3v) is 5.66. The number of hydrogen-bond donors (Lipinski definition) is 1. The van der Waals surface area contributed by atoms with E-state index in [-0.39, 0.29) is 11.8 Å². The third-order valence-electron chi connectivity index (χ3n) is 5.66. The van der Waals surface area contributed by atoms with Gasteiger partial charge in [-0.1, -0.05) is 12.1 Å². The fourth-order valence-corrected chi connectivity index (χ4v) is 3.80. The molecular weight excluding hydrogens is 409 g/mol. The number of nitrogens with zero attached hydrogens (tertiary/aromatic N) is 4. The molecule has 166 valence electrons. The molecule has 0 spiro atoms. The molecule has 0 atom stereocenters. The van der Waals surface area contributed by atoms with Crippen molar-refractivity contribution < 1.29 is 14.0 Å². The normalized spacial score (nSPS) is 13.8. The first-order valence-corrected chi connectivity index (χ1v) is 10.7. The summed E-state index contributed by atoms with van der Waals surface area (Å²) in [4.78, 5) is 27.6. The second kappa shape index (κ2) is 9.64. The fourth-order valence-electron chi connectivity index (χ4n) is 3.80. The number of halogens is 1. The Morgan fingerprint density at radius 2 is 1.81 bits per heavy atom. The van der Waals surface area contributed by atoms with Crippen LogP contribution in [0.3, 0.4) is 0 Å². The summed E-state index contributed by atoms with van der Waals surface area (Å²) in [6, 6.07) is 14.4. The molecule has 0 radical (unpaired) electrons. The van der Waals surface area contributed by atoms with E-state index in [1.54, 1.807) is 27.9 Å². The summed E-state index contributed by atoms with van der Waals surface area (Å²) in [6.45, 7) is 4.07. The molecule has 2 amide bonds. The number of hydrogen-bond acceptors (Lipinski definition) is 4. The molecule has 2 aromatic carbocycles. The van der Waals surface area contributed by atoms with E-state index in [0.29, 0.717) is 44.0 Å². The summed E-state index contributed by atoms with van der Waals surface area (Å²) < 4.78 is 16.2. The molecule has 1 aromatic heterocycles. The SMILES string of the molecule is CC(=O)c1ccc(N2CCN(C(=O)NCCc3ccc(-n4cccn4)cc3)CC2)c(F)c1. The number of benzene rings is 2. The molecule has 1 N–H and O–H groups in total. The average molecular weight is 436 g/mol. The van der Waals surface area contributed by atoms with Crippen molar-refractivity contribution in [2.45, 2.75) is 13.3 Å². The minimum Gasteiger partial charge on any atom is -0.366 e. The van der Waals surface area contributed by atoms with Gasteiger partial charge in [0.05, 0.1) is 11.4 Å². The minimum atomic E-state index is -0.408. The van der Waals surface area contributed by atoms with Gasteiger partial charge in [0, 0.05) is 50.7 Å². The van der Waals surface area contributed by atoms with Crippen molar-refractivity contribution in [1.82, 2.24) is 20.0 Å². The highest BCUT2D eigenvalue weighted by Crippen LogP contribution is 2.22. The molecule has 0 bridgehead atoms. The van der Waals surface area contributed by atoms with Crippen LogP contribution in [0, 0.1) is 5.82 Å². The molecule has 8 heteroatoms. The number of Topliss-reactive ketones (excluding diaryl/α,β-unsaturated/α-hetero) is 1. The first-order valence-electron chi connectivity index (χ1n) is 10.7. The fraction of sp³-hybridized carbons (Fsp3) is 0.292. The maximum atomic E-state index is 14.4. The highest BCUT2D eigenvalue weighted by atomic mass is 19.1. The highest BCUT2D eigenvalue weighted by molar-refractivity contribution is 5.94. The topological polar surface area (TPSA) is 70.5 Å². The van der Waals surface area contributed by atoms with Crippen LogP contribution < -0.4 is 10.2 Å². The number of nitrogens with one attached hydrogen (secondary N) is 1. The van der Waals surface area contributed by atoms with E-state index in [2.05, 4.69) is 10.4 Å². The van der Waals surface area contributed by atoms with Gasteiger partial charge in [-0.2, -0.15) is 5.10 Å². The molecule has 2 heterocycles. The lowest BCUT2D eigenvalue weighted by Gasteiger charge is -2.36. The van der Waals surface area contributed by atoms with Gasteiger partial charge in [-0.3, -0.25) is 4.79 Å². The molecule has 1 fully saturated rings. The monoisotopic (exact) mass is 435 g/mol. The summed E-state index contributed by atoms with van der Waals surface area (Å²) in [5, 5.41) is 7.18. The number of piperazine rings is 1. The molecule has 3 aromatic rings. The number of aromatic nitrogens is 2. The number of amides is 2. The number of carbonyl (C=O) groups excluding carboxylic acids is 2. The molecule has 1 saturated heterocycles. The van der Waals surface area contributed by atoms with Crippen molar-refractivity contribution in [3.05, 3.63) is 77.9 Å². The zero-order valence-electron chi connectivity index (χ0n) is 18.0. The van der Waals surface area contributed by atoms with Gasteiger partial charge in [-0.15, -0.1) is 0 Å². The van der Waals surface area contributed by atoms with E-state index >= 15 is 0 Å². The van der Waals surface area contributed by atoms with Crippen molar-refractivity contribution in [3.63, 3.8) is 0 Å². The summed E-state index contributed by atoms with van der Waals surface area (Å²) in [6.07, 6.45) is 4.37. The number of urea groups is 1. The van der Waals surface area contributed by atoms with E-state index in [1.165, 1.54) is 13.0 Å². The molecule has 0 unspecified atom stereocenters. The van der Waals surface area contributed by atoms with Gasteiger partial charge >= 0.3 is 6.03 Å². The first-order chi connectivity index (χ1) is 15.5. The number of carbonyl (C=O) groups is 2. The standard InChI is InChI=1S/C24H26FN5O2/c1-18(31)20-5-8-23(22(25)17-20)28-13-15-29(16-14-28)24(32)26-11-9-19-3-6-21(7-4-19)30-12-2-10-27-30/h2-8,10,12,17H,9,11,13-16H2,1H3,(H,26,32). The van der Waals surface area contributed by atoms with E-state index < -0.39 is 5.82 Å². The van der Waals surface area contributed by atoms with Crippen LogP contribution in [0.2, 0.25) is 0 Å². The van der Waals surface area contributed by atoms with Gasteiger partial charge in [0.2, 0.25) is 0 Å². The Hall–Kier alpha value is -3.68. The predicted molar refractivity (Wildman–Crippen MR) is 121 cm³/mol. The second-order valence-corrected chi connectivity index (χ2v) is 7.80. The van der Waals surface area contributed by atoms with Crippen LogP contribution >= 0.6 is 0 Å². The maximum Gasteiger partial charge on any atom is 0.317 e. The van der Waals surface area contributed by atoms with E-state index in [9.17, 15) is 14.0 Å². The number of ketones is 1. The van der Waals surface area contributed by atoms with Crippen LogP contribution in [0.25, 0.3) is 5.69 Å². The van der Waals surface area contributed by atoms with Gasteiger partial charge in [0.25, 0.3) is 0 Å². The Morgan fingerprint density at radius 3 is 2.44 bits per heavy atom. The Morgan fingerprint density at radius 1 is 1.06 bits per heavy atom. The van der Waals surface area contributed by atoms with E-state index in [4.69, 9.17) is 0 Å². The Kier molecular flexibility index (Phi) is 6.49. The Labute approximate surface area is 186 Å². The van der Waals surface area contributed by atoms with Gasteiger partial charge < -0.3 is 15.1 Å². The van der Waals surface area contributed by atoms with Gasteiger partial charge in [-0.25, -0.2) is 13.9 Å². The van der Waals surface area contributed by atoms with Crippen molar-refractivity contribution in [1.29, 1.82) is 0 Å². The Balaban J connectivity index is 1.23. The predicted octanol–water partition coefficient (Wildman–Crippen LogP) is 3.29. The van der Waals surface area contributed by atoms with Crippen molar-refractivity contribution in [3.8, 4) is 5.69 Å². The molecule has 0 saturated carbocycles. The van der Waals surface area contributed by atoms with Gasteiger partial charge in [0.1, 0.15) is 5.82 Å². The number of rotatable bonds is 6. The summed E-state index contributed by atoms with van der Waals surface area (Å²) in [5.41, 5.74) is 2.96. The number of anilines is 1. The quantitative estimate of drug-likeness (QED) is 0.604. The lowest BCUT2D eigenvalue weighted by atomic mass is 10.1. The lowest BCUT2D eigenvalue weighted by Crippen LogP contribution is -2.52. The molecule has 0 aliphatic carbocycles. The van der Waals surface area contributed by atoms with Crippen LogP contribution in [0.5, 0.6) is 0 Å². The van der Waals surface area contributed by atoms with Gasteiger partial charge in [0.15, 0.2) is 5.78 Å². The smallest absolute Gasteiger partial charge is 0.317 e. The second-order valence-electron chi connectivity index (χ2n) is 7.80. The van der Waals surface area contributed by atoms with Crippen LogP contribution in [-0.2, 0) is 6.42 Å². The van der Waals surface area contributed by atoms with Crippen LogP contribution in [0.4, 0.5) is 14.9 Å². The van der Waals surface area contributed by atoms with E-state index in [0.717, 1.165) is 17.7 Å². The van der Waals surface area contributed by atoms with E-state index in [1.807, 2.05) is 41.4 Å². The van der Waals surface area contributed by atoms with Crippen molar-refractivity contribution >= 4 is 17.5 Å². The third kappa shape index (κ3) is 4.96. The molecular formula is C24H26FN5O2. The molecule has 4 rings (SSSR count). The lowest BCUT2D eigenvalue weighted by molar-refractivity contribution is 0.101. The Bertz CT molecular complexity index is 1070. The highest BCUT2D eigenvalue weighted by Gasteiger charge is 2.23. The molecule has 1 aliphatic heterocycles. The molecule has 32 heavy (non-hydrogen) atoms. The van der Waals surface area contributed by atoms with Crippen molar-refractivity contribution in [2.75, 3.05) is 37.6 Å². The largest absolute Gasteiger partial charge is 0.366 e. The summed E-state index contributed by atoms with van der Waals surface area (Å²) in [7, 11) is 0. The summed E-state index contributed by atoms with van der Waals surface area (Å²) in [5.74, 6) is -0.569. The zero-order valence-corrected chi connectivity index (χ0v) is 18.0. The first kappa shape index (κ1) is 21.5.